The van der Waals surface area contributed by atoms with E-state index in [1.807, 2.05) is 31.2 Å². The normalized spacial score (nSPS) is 31.3. The van der Waals surface area contributed by atoms with Crippen molar-refractivity contribution >= 4 is 11.9 Å². The molecule has 32 heavy (non-hydrogen) atoms. The molecular weight excluding hydrogens is 406 g/mol. The molecule has 3 saturated heterocycles. The highest BCUT2D eigenvalue weighted by molar-refractivity contribution is 5.97. The van der Waals surface area contributed by atoms with Crippen molar-refractivity contribution in [2.45, 2.75) is 62.5 Å². The van der Waals surface area contributed by atoms with Crippen LogP contribution in [0.4, 0.5) is 0 Å². The Morgan fingerprint density at radius 2 is 1.41 bits per heavy atom. The number of piperidine rings is 1. The molecule has 6 nitrogen and oxygen atoms in total. The number of quaternary nitrogens is 1. The summed E-state index contributed by atoms with van der Waals surface area (Å²) in [6.07, 6.45) is 2.52. The van der Waals surface area contributed by atoms with E-state index in [-0.39, 0.29) is 12.1 Å². The number of fused-ring (bicyclic) bond motifs is 8. The van der Waals surface area contributed by atoms with Crippen molar-refractivity contribution in [3.8, 4) is 11.1 Å². The predicted octanol–water partition coefficient (Wildman–Crippen LogP) is 2.03. The molecule has 0 saturated carbocycles. The summed E-state index contributed by atoms with van der Waals surface area (Å²) in [5.74, 6) is -1.20. The Hall–Kier alpha value is -2.70. The summed E-state index contributed by atoms with van der Waals surface area (Å²) in [5, 5.41) is 8.89. The van der Waals surface area contributed by atoms with E-state index in [1.165, 1.54) is 0 Å². The lowest BCUT2D eigenvalue weighted by Gasteiger charge is -2.45. The first-order valence-corrected chi connectivity index (χ1v) is 11.2. The number of carboxylic acid groups (broad SMARTS) is 1. The van der Waals surface area contributed by atoms with E-state index < -0.39 is 11.4 Å². The highest BCUT2D eigenvalue weighted by atomic mass is 16.6. The van der Waals surface area contributed by atoms with Crippen molar-refractivity contribution in [1.82, 2.24) is 0 Å². The molecule has 4 aliphatic rings. The fraction of sp³-hybridized carbons (Fsp3) is 0.462. The van der Waals surface area contributed by atoms with Crippen molar-refractivity contribution in [1.29, 1.82) is 0 Å². The minimum absolute atomic E-state index is 0.0122. The van der Waals surface area contributed by atoms with Crippen molar-refractivity contribution in [3.63, 3.8) is 0 Å². The molecule has 0 N–H and O–H groups in total. The highest BCUT2D eigenvalue weighted by Gasteiger charge is 2.71. The van der Waals surface area contributed by atoms with Crippen LogP contribution < -0.4 is 5.11 Å². The quantitative estimate of drug-likeness (QED) is 0.410. The van der Waals surface area contributed by atoms with Gasteiger partial charge in [0, 0.05) is 18.8 Å². The maximum atomic E-state index is 13.6. The summed E-state index contributed by atoms with van der Waals surface area (Å²) in [4.78, 5) is 22.5. The second-order valence-electron chi connectivity index (χ2n) is 10.0. The van der Waals surface area contributed by atoms with E-state index in [2.05, 4.69) is 38.4 Å². The molecule has 2 aromatic rings. The number of esters is 1. The summed E-state index contributed by atoms with van der Waals surface area (Å²) >= 11 is 0. The Labute approximate surface area is 188 Å². The number of rotatable bonds is 2. The number of morpholine rings is 1. The summed E-state index contributed by atoms with van der Waals surface area (Å²) in [6.45, 7) is 3.00. The van der Waals surface area contributed by atoms with Crippen LogP contribution in [0.15, 0.2) is 48.5 Å². The highest BCUT2D eigenvalue weighted by Crippen LogP contribution is 2.53. The first kappa shape index (κ1) is 21.2. The number of aliphatic carboxylic acids is 1. The summed E-state index contributed by atoms with van der Waals surface area (Å²) < 4.78 is 13.1. The monoisotopic (exact) mass is 435 g/mol. The van der Waals surface area contributed by atoms with Crippen LogP contribution in [0.3, 0.4) is 0 Å². The van der Waals surface area contributed by atoms with Gasteiger partial charge in [-0.3, -0.25) is 4.79 Å². The van der Waals surface area contributed by atoms with Gasteiger partial charge in [-0.2, -0.15) is 0 Å². The number of nitrogens with zero attached hydrogens (tertiary/aromatic N) is 1. The number of epoxide rings is 1. The van der Waals surface area contributed by atoms with Crippen LogP contribution in [0.5, 0.6) is 0 Å². The van der Waals surface area contributed by atoms with Crippen LogP contribution in [0.2, 0.25) is 0 Å². The molecule has 0 amide bonds. The summed E-state index contributed by atoms with van der Waals surface area (Å²) in [5.41, 5.74) is 3.67. The predicted molar refractivity (Wildman–Crippen MR) is 116 cm³/mol. The average Bonchev–Trinajstić information content (AvgIpc) is 3.46. The molecule has 4 unspecified atom stereocenters. The topological polar surface area (TPSA) is 79.0 Å². The lowest BCUT2D eigenvalue weighted by molar-refractivity contribution is -0.938. The summed E-state index contributed by atoms with van der Waals surface area (Å²) in [7, 11) is 4.60. The molecule has 2 aromatic carbocycles. The largest absolute Gasteiger partial charge is 0.550 e. The number of likely N-dealkylation sites (N-methyl/N-ethyl adjacent to an activating group) is 1. The Kier molecular flexibility index (Phi) is 4.73. The Balaban J connectivity index is 0.000000501. The Bertz CT molecular complexity index is 1020. The first-order chi connectivity index (χ1) is 15.2. The maximum Gasteiger partial charge on any atom is 0.321 e. The van der Waals surface area contributed by atoms with Crippen LogP contribution in [-0.2, 0) is 24.5 Å². The van der Waals surface area contributed by atoms with Crippen molar-refractivity contribution in [2.24, 2.45) is 0 Å². The van der Waals surface area contributed by atoms with E-state index in [1.54, 1.807) is 0 Å². The zero-order valence-corrected chi connectivity index (χ0v) is 18.9. The molecule has 4 atom stereocenters. The second-order valence-corrected chi connectivity index (χ2v) is 10.0. The van der Waals surface area contributed by atoms with Gasteiger partial charge in [0.15, 0.2) is 0 Å². The third-order valence-electron chi connectivity index (χ3n) is 7.94. The van der Waals surface area contributed by atoms with Gasteiger partial charge in [-0.25, -0.2) is 0 Å². The van der Waals surface area contributed by atoms with Crippen molar-refractivity contribution in [3.05, 3.63) is 59.7 Å². The standard InChI is InChI=1S/C24H26NO3.C2H4O2/c1-24(17-10-6-4-8-15(17)16-9-5-7-11-18(16)24)23(26)27-14-12-19-21-22(28-21)20(13-14)25(19,2)3;1-2(3)4/h4-11,14,19-22H,12-13H2,1-3H3;1H3,(H,3,4)/q+1;/p-1. The van der Waals surface area contributed by atoms with Crippen molar-refractivity contribution < 1.29 is 28.7 Å². The maximum absolute atomic E-state index is 13.6. The van der Waals surface area contributed by atoms with Crippen LogP contribution in [0, 0.1) is 0 Å². The minimum atomic E-state index is -1.08. The smallest absolute Gasteiger partial charge is 0.321 e. The van der Waals surface area contributed by atoms with Crippen LogP contribution in [0.1, 0.15) is 37.8 Å². The van der Waals surface area contributed by atoms with E-state index in [4.69, 9.17) is 19.4 Å². The lowest BCUT2D eigenvalue weighted by Crippen LogP contribution is -2.60. The van der Waals surface area contributed by atoms with E-state index in [0.29, 0.717) is 24.3 Å². The van der Waals surface area contributed by atoms with Gasteiger partial charge < -0.3 is 23.9 Å². The SMILES string of the molecule is CC(=O)[O-].CC1(C(=O)OC2CC3C4OC4C(C2)[N+]3(C)C)c2ccccc2-c2ccccc21. The lowest BCUT2D eigenvalue weighted by atomic mass is 9.80. The number of carbonyl (C=O) groups excluding carboxylic acids is 2. The van der Waals surface area contributed by atoms with Gasteiger partial charge >= 0.3 is 5.97 Å². The molecule has 0 aromatic heterocycles. The zero-order chi connectivity index (χ0) is 22.8. The molecule has 0 radical (unpaired) electrons. The van der Waals surface area contributed by atoms with Crippen molar-refractivity contribution in [2.75, 3.05) is 14.1 Å². The fourth-order valence-electron chi connectivity index (χ4n) is 6.24. The average molecular weight is 436 g/mol. The third kappa shape index (κ3) is 3.00. The van der Waals surface area contributed by atoms with Gasteiger partial charge in [0.05, 0.1) is 14.1 Å². The third-order valence-corrected chi connectivity index (χ3v) is 7.94. The van der Waals surface area contributed by atoms with Crippen LogP contribution >= 0.6 is 0 Å². The van der Waals surface area contributed by atoms with Crippen LogP contribution in [-0.4, -0.2) is 60.9 Å². The molecule has 3 fully saturated rings. The molecular formula is C26H29NO5. The number of benzene rings is 2. The number of hydrogen-bond donors (Lipinski definition) is 0. The number of carboxylic acids is 1. The molecule has 1 aliphatic carbocycles. The first-order valence-electron chi connectivity index (χ1n) is 11.2. The molecule has 0 spiro atoms. The molecule has 2 bridgehead atoms. The van der Waals surface area contributed by atoms with E-state index in [0.717, 1.165) is 46.5 Å². The second kappa shape index (κ2) is 7.15. The fourth-order valence-corrected chi connectivity index (χ4v) is 6.24. The van der Waals surface area contributed by atoms with E-state index in [9.17, 15) is 4.79 Å². The molecule has 168 valence electrons. The molecule has 6 heteroatoms. The Morgan fingerprint density at radius 3 is 1.88 bits per heavy atom. The molecule has 3 heterocycles. The molecule has 6 rings (SSSR count). The van der Waals surface area contributed by atoms with Gasteiger partial charge in [-0.1, -0.05) is 48.5 Å². The van der Waals surface area contributed by atoms with E-state index >= 15 is 0 Å². The van der Waals surface area contributed by atoms with Gasteiger partial charge in [-0.15, -0.1) is 0 Å². The Morgan fingerprint density at radius 1 is 0.969 bits per heavy atom. The number of ether oxygens (including phenoxy) is 2. The molecule has 3 aliphatic heterocycles. The van der Waals surface area contributed by atoms with Gasteiger partial charge in [0.25, 0.3) is 0 Å². The minimum Gasteiger partial charge on any atom is -0.550 e. The van der Waals surface area contributed by atoms with Crippen LogP contribution in [0.25, 0.3) is 11.1 Å². The van der Waals surface area contributed by atoms with Gasteiger partial charge in [0.1, 0.15) is 35.8 Å². The van der Waals surface area contributed by atoms with Gasteiger partial charge in [0.2, 0.25) is 0 Å². The van der Waals surface area contributed by atoms with Gasteiger partial charge in [-0.05, 0) is 36.1 Å². The summed E-state index contributed by atoms with van der Waals surface area (Å²) in [6, 6.07) is 17.4. The number of carbonyl (C=O) groups is 2. The number of hydrogen-bond acceptors (Lipinski definition) is 5. The zero-order valence-electron chi connectivity index (χ0n) is 18.9.